The second-order valence-electron chi connectivity index (χ2n) is 23.8. The minimum Gasteiger partial charge on any atom is -0.394 e. The first-order valence-electron chi connectivity index (χ1n) is 24.5. The number of hydrogen-bond acceptors (Lipinski definition) is 19. The Labute approximate surface area is 392 Å². The van der Waals surface area contributed by atoms with Gasteiger partial charge in [-0.25, -0.2) is 0 Å². The fraction of sp³-hybridized carbons (Fsp3) is 0.958. The SMILES string of the molecule is CC1(C)CCC2(COC3OC(CO)C(O)C(O)C3OC3OC(CO)C(O)C(O)C3OC3OC(CO)C(O)C(O)C3O)CCC3(C)C(=CC(O)C4C5(C)C(O)CC(O)C(C)(C)C5CCC43C)C2C1. The van der Waals surface area contributed by atoms with Crippen molar-refractivity contribution in [2.24, 2.45) is 50.2 Å². The molecule has 0 aromatic carbocycles. The molecular weight excluding hydrogens is 881 g/mol. The van der Waals surface area contributed by atoms with Gasteiger partial charge in [-0.2, -0.15) is 0 Å². The predicted molar refractivity (Wildman–Crippen MR) is 233 cm³/mol. The highest BCUT2D eigenvalue weighted by Crippen LogP contribution is 2.75. The van der Waals surface area contributed by atoms with Crippen molar-refractivity contribution < 1.29 is 94.8 Å². The van der Waals surface area contributed by atoms with Crippen LogP contribution in [0.4, 0.5) is 0 Å². The van der Waals surface area contributed by atoms with Gasteiger partial charge in [0.2, 0.25) is 0 Å². The lowest BCUT2D eigenvalue weighted by Crippen LogP contribution is -2.70. The minimum atomic E-state index is -1.93. The van der Waals surface area contributed by atoms with Gasteiger partial charge in [-0.1, -0.05) is 60.1 Å². The lowest BCUT2D eigenvalue weighted by Gasteiger charge is -2.72. The van der Waals surface area contributed by atoms with E-state index in [-0.39, 0.29) is 41.6 Å². The zero-order valence-corrected chi connectivity index (χ0v) is 40.0. The first kappa shape index (κ1) is 52.3. The normalized spacial score (nSPS) is 55.0. The Morgan fingerprint density at radius 1 is 0.582 bits per heavy atom. The van der Waals surface area contributed by atoms with Gasteiger partial charge in [-0.3, -0.25) is 0 Å². The summed E-state index contributed by atoms with van der Waals surface area (Å²) in [7, 11) is 0. The van der Waals surface area contributed by atoms with Gasteiger partial charge in [-0.15, -0.1) is 0 Å². The third kappa shape index (κ3) is 8.23. The molecule has 3 aliphatic heterocycles. The molecule has 0 bridgehead atoms. The Balaban J connectivity index is 1.10. The highest BCUT2D eigenvalue weighted by atomic mass is 16.8. The average molecular weight is 961 g/mol. The molecule has 19 heteroatoms. The van der Waals surface area contributed by atoms with Gasteiger partial charge in [0.25, 0.3) is 0 Å². The molecule has 3 heterocycles. The van der Waals surface area contributed by atoms with Crippen LogP contribution in [-0.4, -0.2) is 203 Å². The summed E-state index contributed by atoms with van der Waals surface area (Å²) in [4.78, 5) is 0. The molecule has 4 saturated carbocycles. The van der Waals surface area contributed by atoms with Crippen molar-refractivity contribution >= 4 is 0 Å². The highest BCUT2D eigenvalue weighted by molar-refractivity contribution is 5.36. The molecule has 25 unspecified atom stereocenters. The Hall–Kier alpha value is -1.02. The fourth-order valence-electron chi connectivity index (χ4n) is 15.0. The molecule has 67 heavy (non-hydrogen) atoms. The summed E-state index contributed by atoms with van der Waals surface area (Å²) in [6.07, 6.45) is -20.2. The van der Waals surface area contributed by atoms with Crippen LogP contribution in [0.2, 0.25) is 0 Å². The van der Waals surface area contributed by atoms with Crippen molar-refractivity contribution in [3.63, 3.8) is 0 Å². The summed E-state index contributed by atoms with van der Waals surface area (Å²) >= 11 is 0. The molecule has 0 aromatic rings. The quantitative estimate of drug-likeness (QED) is 0.112. The van der Waals surface area contributed by atoms with Crippen molar-refractivity contribution in [1.82, 2.24) is 0 Å². The molecule has 386 valence electrons. The number of aliphatic hydroxyl groups is 13. The minimum absolute atomic E-state index is 0.0200. The molecule has 25 atom stereocenters. The van der Waals surface area contributed by atoms with Crippen LogP contribution in [0.3, 0.4) is 0 Å². The van der Waals surface area contributed by atoms with Gasteiger partial charge in [-0.05, 0) is 78.4 Å². The van der Waals surface area contributed by atoms with Crippen LogP contribution in [0.5, 0.6) is 0 Å². The van der Waals surface area contributed by atoms with E-state index in [4.69, 9.17) is 28.4 Å². The number of ether oxygens (including phenoxy) is 6. The first-order chi connectivity index (χ1) is 31.3. The molecule has 7 fully saturated rings. The third-order valence-electron chi connectivity index (χ3n) is 19.5. The lowest BCUT2D eigenvalue weighted by molar-refractivity contribution is -0.394. The summed E-state index contributed by atoms with van der Waals surface area (Å²) < 4.78 is 36.4. The molecule has 0 spiro atoms. The maximum atomic E-state index is 12.6. The van der Waals surface area contributed by atoms with Crippen LogP contribution in [0.1, 0.15) is 99.8 Å². The van der Waals surface area contributed by atoms with Crippen LogP contribution < -0.4 is 0 Å². The zero-order chi connectivity index (χ0) is 49.1. The number of hydrogen-bond donors (Lipinski definition) is 13. The molecule has 0 amide bonds. The van der Waals surface area contributed by atoms with E-state index >= 15 is 0 Å². The van der Waals surface area contributed by atoms with E-state index in [0.717, 1.165) is 44.1 Å². The van der Waals surface area contributed by atoms with Crippen LogP contribution >= 0.6 is 0 Å². The molecule has 8 aliphatic rings. The van der Waals surface area contributed by atoms with Gasteiger partial charge < -0.3 is 94.8 Å². The van der Waals surface area contributed by atoms with E-state index in [1.807, 2.05) is 0 Å². The van der Waals surface area contributed by atoms with Crippen LogP contribution in [0.25, 0.3) is 0 Å². The van der Waals surface area contributed by atoms with E-state index in [9.17, 15) is 66.4 Å². The molecule has 5 aliphatic carbocycles. The Kier molecular flexibility index (Phi) is 14.4. The van der Waals surface area contributed by atoms with Crippen molar-refractivity contribution in [3.05, 3.63) is 11.6 Å². The third-order valence-corrected chi connectivity index (χ3v) is 19.5. The van der Waals surface area contributed by atoms with Crippen molar-refractivity contribution in [3.8, 4) is 0 Å². The molecule has 8 rings (SSSR count). The summed E-state index contributed by atoms with van der Waals surface area (Å²) in [6, 6.07) is 0. The summed E-state index contributed by atoms with van der Waals surface area (Å²) in [5, 5.41) is 143. The topological polar surface area (TPSA) is 318 Å². The zero-order valence-electron chi connectivity index (χ0n) is 40.0. The van der Waals surface area contributed by atoms with Crippen molar-refractivity contribution in [2.75, 3.05) is 26.4 Å². The van der Waals surface area contributed by atoms with Crippen molar-refractivity contribution in [2.45, 2.75) is 210 Å². The fourth-order valence-corrected chi connectivity index (χ4v) is 15.0. The lowest BCUT2D eigenvalue weighted by atomic mass is 9.33. The van der Waals surface area contributed by atoms with Crippen molar-refractivity contribution in [1.29, 1.82) is 0 Å². The maximum Gasteiger partial charge on any atom is 0.187 e. The highest BCUT2D eigenvalue weighted by Gasteiger charge is 2.72. The Morgan fingerprint density at radius 2 is 1.10 bits per heavy atom. The molecular formula is C48H80O19. The predicted octanol–water partition coefficient (Wildman–Crippen LogP) is -1.44. The van der Waals surface area contributed by atoms with Gasteiger partial charge >= 0.3 is 0 Å². The Morgan fingerprint density at radius 3 is 1.70 bits per heavy atom. The summed E-state index contributed by atoms with van der Waals surface area (Å²) in [5.41, 5.74) is -1.39. The number of allylic oxidation sites excluding steroid dienone is 1. The molecule has 3 saturated heterocycles. The smallest absolute Gasteiger partial charge is 0.187 e. The van der Waals surface area contributed by atoms with Gasteiger partial charge in [0.1, 0.15) is 73.2 Å². The van der Waals surface area contributed by atoms with Gasteiger partial charge in [0.15, 0.2) is 18.9 Å². The maximum absolute atomic E-state index is 12.6. The molecule has 0 radical (unpaired) electrons. The second-order valence-corrected chi connectivity index (χ2v) is 23.8. The first-order valence-corrected chi connectivity index (χ1v) is 24.5. The van der Waals surface area contributed by atoms with Gasteiger partial charge in [0, 0.05) is 23.2 Å². The summed E-state index contributed by atoms with van der Waals surface area (Å²) in [5.74, 6) is -0.393. The van der Waals surface area contributed by atoms with E-state index in [2.05, 4.69) is 54.5 Å². The average Bonchev–Trinajstić information content (AvgIpc) is 3.27. The van der Waals surface area contributed by atoms with Crippen LogP contribution in [-0.2, 0) is 28.4 Å². The van der Waals surface area contributed by atoms with Crippen LogP contribution in [0, 0.1) is 50.2 Å². The largest absolute Gasteiger partial charge is 0.394 e. The number of aliphatic hydroxyl groups excluding tert-OH is 13. The number of fused-ring (bicyclic) bond motifs is 7. The molecule has 19 nitrogen and oxygen atoms in total. The van der Waals surface area contributed by atoms with E-state index in [1.165, 1.54) is 0 Å². The molecule has 13 N–H and O–H groups in total. The second kappa shape index (κ2) is 18.5. The van der Waals surface area contributed by atoms with E-state index in [0.29, 0.717) is 6.42 Å². The summed E-state index contributed by atoms with van der Waals surface area (Å²) in [6.45, 7) is 13.1. The van der Waals surface area contributed by atoms with Crippen LogP contribution in [0.15, 0.2) is 11.6 Å². The molecule has 0 aromatic heterocycles. The standard InChI is InChI=1S/C48H80O19/c1-43(2)10-12-48(13-11-45(5)21(22(48)16-43)14-23(52)39-46(45,6)9-8-27-44(3,4)28(53)15-29(54)47(27,39)7)20-62-41-37(34(59)31(56)25(18-50)64-41)67-42-38(35(60)32(57)26(19-51)65-42)66-40-36(61)33(58)30(55)24(17-49)63-40/h14,22-42,49-61H,8-13,15-20H2,1-7H3. The van der Waals surface area contributed by atoms with E-state index in [1.54, 1.807) is 0 Å². The Bertz CT molecular complexity index is 1780. The van der Waals surface area contributed by atoms with E-state index < -0.39 is 152 Å². The number of rotatable bonds is 10. The monoisotopic (exact) mass is 961 g/mol. The van der Waals surface area contributed by atoms with Gasteiger partial charge in [0.05, 0.1) is 44.7 Å².